The first-order valence-electron chi connectivity index (χ1n) is 4.05. The molecule has 1 N–H and O–H groups in total. The van der Waals surface area contributed by atoms with E-state index in [2.05, 4.69) is 4.98 Å². The SMILES string of the molecule is O=C(c1cccs1)c1ccc[nH]c1=S. The Labute approximate surface area is 90.2 Å². The van der Waals surface area contributed by atoms with E-state index in [1.807, 2.05) is 11.4 Å². The van der Waals surface area contributed by atoms with E-state index >= 15 is 0 Å². The lowest BCUT2D eigenvalue weighted by molar-refractivity contribution is 0.104. The number of aromatic nitrogens is 1. The van der Waals surface area contributed by atoms with Crippen molar-refractivity contribution in [2.24, 2.45) is 0 Å². The van der Waals surface area contributed by atoms with Crippen LogP contribution >= 0.6 is 23.6 Å². The van der Waals surface area contributed by atoms with Crippen LogP contribution in [0.25, 0.3) is 0 Å². The van der Waals surface area contributed by atoms with Gasteiger partial charge in [0.05, 0.1) is 10.4 Å². The summed E-state index contributed by atoms with van der Waals surface area (Å²) in [4.78, 5) is 15.4. The van der Waals surface area contributed by atoms with Gasteiger partial charge in [0.25, 0.3) is 0 Å². The number of carbonyl (C=O) groups excluding carboxylic acids is 1. The highest BCUT2D eigenvalue weighted by Crippen LogP contribution is 2.14. The summed E-state index contributed by atoms with van der Waals surface area (Å²) < 4.78 is 0.492. The Morgan fingerprint density at radius 2 is 2.21 bits per heavy atom. The van der Waals surface area contributed by atoms with Crippen molar-refractivity contribution in [3.8, 4) is 0 Å². The molecule has 2 aromatic rings. The minimum Gasteiger partial charge on any atom is -0.352 e. The van der Waals surface area contributed by atoms with Crippen molar-refractivity contribution >= 4 is 29.3 Å². The van der Waals surface area contributed by atoms with Crippen LogP contribution in [0.5, 0.6) is 0 Å². The molecule has 0 unspecified atom stereocenters. The summed E-state index contributed by atoms with van der Waals surface area (Å²) >= 11 is 6.46. The highest BCUT2D eigenvalue weighted by atomic mass is 32.1. The maximum absolute atomic E-state index is 11.9. The van der Waals surface area contributed by atoms with E-state index in [1.165, 1.54) is 11.3 Å². The van der Waals surface area contributed by atoms with Gasteiger partial charge in [0.1, 0.15) is 4.64 Å². The lowest BCUT2D eigenvalue weighted by Crippen LogP contribution is -1.99. The molecule has 0 radical (unpaired) electrons. The summed E-state index contributed by atoms with van der Waals surface area (Å²) in [5, 5.41) is 1.88. The summed E-state index contributed by atoms with van der Waals surface area (Å²) in [6.07, 6.45) is 1.72. The van der Waals surface area contributed by atoms with Crippen LogP contribution in [-0.4, -0.2) is 10.8 Å². The number of hydrogen-bond acceptors (Lipinski definition) is 3. The molecule has 0 atom stereocenters. The van der Waals surface area contributed by atoms with Gasteiger partial charge >= 0.3 is 0 Å². The normalized spacial score (nSPS) is 10.0. The van der Waals surface area contributed by atoms with Crippen molar-refractivity contribution in [1.82, 2.24) is 4.98 Å². The average molecular weight is 221 g/mol. The molecule has 0 fully saturated rings. The Morgan fingerprint density at radius 3 is 2.86 bits per heavy atom. The van der Waals surface area contributed by atoms with Gasteiger partial charge in [-0.2, -0.15) is 0 Å². The number of ketones is 1. The number of hydrogen-bond donors (Lipinski definition) is 1. The summed E-state index contributed by atoms with van der Waals surface area (Å²) in [5.74, 6) is -0.0122. The van der Waals surface area contributed by atoms with E-state index in [0.29, 0.717) is 10.2 Å². The average Bonchev–Trinajstić information content (AvgIpc) is 2.70. The van der Waals surface area contributed by atoms with Crippen molar-refractivity contribution in [2.75, 3.05) is 0 Å². The van der Waals surface area contributed by atoms with Crippen molar-refractivity contribution < 1.29 is 4.79 Å². The number of rotatable bonds is 2. The maximum atomic E-state index is 11.9. The predicted octanol–water partition coefficient (Wildman–Crippen LogP) is 3.04. The highest BCUT2D eigenvalue weighted by Gasteiger charge is 2.10. The third-order valence-electron chi connectivity index (χ3n) is 1.81. The first-order chi connectivity index (χ1) is 6.79. The fraction of sp³-hybridized carbons (Fsp3) is 0. The van der Waals surface area contributed by atoms with E-state index in [-0.39, 0.29) is 5.78 Å². The molecule has 4 heteroatoms. The van der Waals surface area contributed by atoms with Crippen molar-refractivity contribution in [1.29, 1.82) is 0 Å². The van der Waals surface area contributed by atoms with Gasteiger partial charge in [0.2, 0.25) is 5.78 Å². The predicted molar refractivity (Wildman–Crippen MR) is 59.4 cm³/mol. The van der Waals surface area contributed by atoms with Gasteiger partial charge in [-0.3, -0.25) is 4.79 Å². The first-order valence-corrected chi connectivity index (χ1v) is 5.34. The van der Waals surface area contributed by atoms with Gasteiger partial charge in [-0.15, -0.1) is 11.3 Å². The zero-order valence-electron chi connectivity index (χ0n) is 7.19. The number of aromatic amines is 1. The first kappa shape index (κ1) is 9.30. The van der Waals surface area contributed by atoms with E-state index in [0.717, 1.165) is 4.88 Å². The molecule has 0 aromatic carbocycles. The summed E-state index contributed by atoms with van der Waals surface area (Å²) in [6, 6.07) is 7.17. The van der Waals surface area contributed by atoms with Gasteiger partial charge in [-0.05, 0) is 23.6 Å². The molecule has 70 valence electrons. The minimum atomic E-state index is -0.0122. The van der Waals surface area contributed by atoms with E-state index in [9.17, 15) is 4.79 Å². The van der Waals surface area contributed by atoms with Crippen LogP contribution < -0.4 is 0 Å². The lowest BCUT2D eigenvalue weighted by atomic mass is 10.1. The van der Waals surface area contributed by atoms with Gasteiger partial charge < -0.3 is 4.98 Å². The summed E-state index contributed by atoms with van der Waals surface area (Å²) in [6.45, 7) is 0. The number of carbonyl (C=O) groups is 1. The van der Waals surface area contributed by atoms with E-state index in [4.69, 9.17) is 12.2 Å². The second-order valence-electron chi connectivity index (χ2n) is 2.72. The fourth-order valence-electron chi connectivity index (χ4n) is 1.14. The molecular weight excluding hydrogens is 214 g/mol. The zero-order valence-corrected chi connectivity index (χ0v) is 8.82. The monoisotopic (exact) mass is 221 g/mol. The molecule has 2 nitrogen and oxygen atoms in total. The quantitative estimate of drug-likeness (QED) is 0.624. The topological polar surface area (TPSA) is 32.9 Å². The number of pyridine rings is 1. The second-order valence-corrected chi connectivity index (χ2v) is 4.08. The number of thiophene rings is 1. The van der Waals surface area contributed by atoms with Crippen LogP contribution in [0.4, 0.5) is 0 Å². The molecule has 2 heterocycles. The van der Waals surface area contributed by atoms with Crippen molar-refractivity contribution in [3.05, 3.63) is 50.9 Å². The van der Waals surface area contributed by atoms with Crippen LogP contribution in [-0.2, 0) is 0 Å². The van der Waals surface area contributed by atoms with E-state index in [1.54, 1.807) is 24.4 Å². The lowest BCUT2D eigenvalue weighted by Gasteiger charge is -1.96. The molecule has 14 heavy (non-hydrogen) atoms. The van der Waals surface area contributed by atoms with Gasteiger partial charge in [0.15, 0.2) is 0 Å². The van der Waals surface area contributed by atoms with Crippen LogP contribution in [0.15, 0.2) is 35.8 Å². The molecule has 0 saturated carbocycles. The molecule has 0 saturated heterocycles. The van der Waals surface area contributed by atoms with E-state index < -0.39 is 0 Å². The number of H-pyrrole nitrogens is 1. The van der Waals surface area contributed by atoms with Crippen LogP contribution in [0.2, 0.25) is 0 Å². The second kappa shape index (κ2) is 3.86. The zero-order chi connectivity index (χ0) is 9.97. The van der Waals surface area contributed by atoms with Gasteiger partial charge in [0, 0.05) is 6.20 Å². The molecule has 0 spiro atoms. The van der Waals surface area contributed by atoms with Crippen molar-refractivity contribution in [2.45, 2.75) is 0 Å². The summed E-state index contributed by atoms with van der Waals surface area (Å²) in [5.41, 5.74) is 0.560. The molecule has 0 aliphatic carbocycles. The minimum absolute atomic E-state index is 0.0122. The smallest absolute Gasteiger partial charge is 0.205 e. The highest BCUT2D eigenvalue weighted by molar-refractivity contribution is 7.71. The maximum Gasteiger partial charge on any atom is 0.205 e. The number of nitrogens with one attached hydrogen (secondary N) is 1. The molecule has 0 aliphatic heterocycles. The molecule has 2 rings (SSSR count). The summed E-state index contributed by atoms with van der Waals surface area (Å²) in [7, 11) is 0. The van der Waals surface area contributed by atoms with Gasteiger partial charge in [-0.1, -0.05) is 18.3 Å². The van der Waals surface area contributed by atoms with Crippen molar-refractivity contribution in [3.63, 3.8) is 0 Å². The molecule has 0 amide bonds. The van der Waals surface area contributed by atoms with Crippen LogP contribution in [0, 0.1) is 4.64 Å². The molecule has 0 aliphatic rings. The Hall–Kier alpha value is -1.26. The van der Waals surface area contributed by atoms with Crippen LogP contribution in [0.3, 0.4) is 0 Å². The Morgan fingerprint density at radius 1 is 1.36 bits per heavy atom. The third kappa shape index (κ3) is 1.66. The Balaban J connectivity index is 2.48. The van der Waals surface area contributed by atoms with Crippen LogP contribution in [0.1, 0.15) is 15.2 Å². The Kier molecular flexibility index (Phi) is 2.56. The van der Waals surface area contributed by atoms with Gasteiger partial charge in [-0.25, -0.2) is 0 Å². The standard InChI is InChI=1S/C10H7NOS2/c12-9(8-4-2-6-14-8)7-3-1-5-11-10(7)13/h1-6H,(H,11,13). The largest absolute Gasteiger partial charge is 0.352 e. The molecule has 2 aromatic heterocycles. The molecule has 0 bridgehead atoms. The fourth-order valence-corrected chi connectivity index (χ4v) is 2.05. The third-order valence-corrected chi connectivity index (χ3v) is 3.01. The molecular formula is C10H7NOS2. The Bertz CT molecular complexity index is 499.